The molecule has 0 spiro atoms. The molecule has 0 aliphatic carbocycles. The molecule has 6 heteroatoms. The van der Waals surface area contributed by atoms with E-state index in [4.69, 9.17) is 9.47 Å². The highest BCUT2D eigenvalue weighted by molar-refractivity contribution is 5.94. The van der Waals surface area contributed by atoms with E-state index in [1.165, 1.54) is 0 Å². The number of para-hydroxylation sites is 1. The third-order valence-corrected chi connectivity index (χ3v) is 5.64. The van der Waals surface area contributed by atoms with E-state index in [1.54, 1.807) is 0 Å². The molecule has 1 fully saturated rings. The fourth-order valence-electron chi connectivity index (χ4n) is 3.95. The molecular formula is C24H27N3O3. The molecule has 3 aromatic rings. The van der Waals surface area contributed by atoms with Crippen molar-refractivity contribution in [2.24, 2.45) is 7.05 Å². The van der Waals surface area contributed by atoms with Crippen LogP contribution in [-0.2, 0) is 18.4 Å². The molecule has 0 radical (unpaired) electrons. The topological polar surface area (TPSA) is 56.6 Å². The Balaban J connectivity index is 1.49. The Morgan fingerprint density at radius 1 is 1.13 bits per heavy atom. The van der Waals surface area contributed by atoms with Crippen LogP contribution in [-0.4, -0.2) is 40.3 Å². The molecule has 0 N–H and O–H groups in total. The lowest BCUT2D eigenvalue weighted by molar-refractivity contribution is -0.00305. The zero-order valence-electron chi connectivity index (χ0n) is 17.7. The van der Waals surface area contributed by atoms with Crippen molar-refractivity contribution < 1.29 is 14.3 Å². The molecule has 0 bridgehead atoms. The number of morpholine rings is 1. The summed E-state index contributed by atoms with van der Waals surface area (Å²) >= 11 is 0. The minimum atomic E-state index is -0.124. The van der Waals surface area contributed by atoms with Crippen LogP contribution in [0.1, 0.15) is 38.9 Å². The lowest BCUT2D eigenvalue weighted by atomic mass is 10.0. The highest BCUT2D eigenvalue weighted by atomic mass is 16.5. The average Bonchev–Trinajstić information content (AvgIpc) is 3.04. The number of ether oxygens (including phenoxy) is 2. The normalized spacial score (nSPS) is 16.5. The van der Waals surface area contributed by atoms with Crippen molar-refractivity contribution in [1.82, 2.24) is 14.7 Å². The van der Waals surface area contributed by atoms with Crippen molar-refractivity contribution in [3.63, 3.8) is 0 Å². The zero-order chi connectivity index (χ0) is 21.1. The molecule has 4 rings (SSSR count). The Kier molecular flexibility index (Phi) is 5.86. The van der Waals surface area contributed by atoms with Gasteiger partial charge in [-0.05, 0) is 43.7 Å². The van der Waals surface area contributed by atoms with E-state index in [9.17, 15) is 4.79 Å². The number of hydrogen-bond donors (Lipinski definition) is 0. The van der Waals surface area contributed by atoms with Crippen LogP contribution in [0, 0.1) is 13.8 Å². The van der Waals surface area contributed by atoms with Crippen LogP contribution in [0.4, 0.5) is 0 Å². The Bertz CT molecular complexity index is 1010. The second kappa shape index (κ2) is 8.71. The van der Waals surface area contributed by atoms with Crippen LogP contribution in [0.3, 0.4) is 0 Å². The number of amides is 1. The summed E-state index contributed by atoms with van der Waals surface area (Å²) in [5.41, 5.74) is 4.78. The summed E-state index contributed by atoms with van der Waals surface area (Å²) in [6.07, 6.45) is 0. The second-order valence-electron chi connectivity index (χ2n) is 7.60. The van der Waals surface area contributed by atoms with Crippen molar-refractivity contribution in [2.75, 3.05) is 19.8 Å². The number of aromatic nitrogens is 2. The fraction of sp³-hybridized carbons (Fsp3) is 0.333. The van der Waals surface area contributed by atoms with Gasteiger partial charge in [0.05, 0.1) is 24.9 Å². The molecule has 1 amide bonds. The Morgan fingerprint density at radius 2 is 1.87 bits per heavy atom. The summed E-state index contributed by atoms with van der Waals surface area (Å²) in [7, 11) is 1.93. The van der Waals surface area contributed by atoms with Crippen molar-refractivity contribution in [3.05, 3.63) is 82.7 Å². The fourth-order valence-corrected chi connectivity index (χ4v) is 3.95. The molecule has 1 aromatic heterocycles. The third kappa shape index (κ3) is 4.09. The Labute approximate surface area is 177 Å². The smallest absolute Gasteiger partial charge is 0.254 e. The Morgan fingerprint density at radius 3 is 2.53 bits per heavy atom. The summed E-state index contributed by atoms with van der Waals surface area (Å²) in [4.78, 5) is 15.2. The summed E-state index contributed by atoms with van der Waals surface area (Å²) in [6, 6.07) is 17.2. The number of aryl methyl sites for hydroxylation is 2. The van der Waals surface area contributed by atoms with Gasteiger partial charge in [0.2, 0.25) is 0 Å². The maximum Gasteiger partial charge on any atom is 0.254 e. The molecule has 2 heterocycles. The maximum absolute atomic E-state index is 13.3. The number of rotatable bonds is 5. The highest BCUT2D eigenvalue weighted by Gasteiger charge is 2.32. The quantitative estimate of drug-likeness (QED) is 0.647. The Hall–Kier alpha value is -3.12. The van der Waals surface area contributed by atoms with Gasteiger partial charge in [-0.25, -0.2) is 0 Å². The van der Waals surface area contributed by atoms with Crippen molar-refractivity contribution in [2.45, 2.75) is 26.5 Å². The highest BCUT2D eigenvalue weighted by Crippen LogP contribution is 2.30. The van der Waals surface area contributed by atoms with Crippen LogP contribution >= 0.6 is 0 Å². The lowest BCUT2D eigenvalue weighted by Gasteiger charge is -2.36. The van der Waals surface area contributed by atoms with Crippen molar-refractivity contribution >= 4 is 5.91 Å². The first-order valence-electron chi connectivity index (χ1n) is 10.2. The van der Waals surface area contributed by atoms with Crippen molar-refractivity contribution in [3.8, 4) is 5.75 Å². The first kappa shape index (κ1) is 20.2. The van der Waals surface area contributed by atoms with E-state index in [0.29, 0.717) is 31.9 Å². The molecule has 30 heavy (non-hydrogen) atoms. The van der Waals surface area contributed by atoms with Crippen LogP contribution in [0.25, 0.3) is 0 Å². The molecule has 0 saturated carbocycles. The van der Waals surface area contributed by atoms with Gasteiger partial charge in [-0.3, -0.25) is 9.48 Å². The van der Waals surface area contributed by atoms with Gasteiger partial charge in [0.25, 0.3) is 5.91 Å². The third-order valence-electron chi connectivity index (χ3n) is 5.64. The van der Waals surface area contributed by atoms with Gasteiger partial charge < -0.3 is 14.4 Å². The molecule has 0 unspecified atom stereocenters. The van der Waals surface area contributed by atoms with Gasteiger partial charge in [-0.1, -0.05) is 30.3 Å². The van der Waals surface area contributed by atoms with E-state index in [1.807, 2.05) is 85.1 Å². The van der Waals surface area contributed by atoms with Gasteiger partial charge in [-0.15, -0.1) is 0 Å². The van der Waals surface area contributed by atoms with E-state index in [2.05, 4.69) is 5.10 Å². The van der Waals surface area contributed by atoms with Crippen LogP contribution in [0.5, 0.6) is 5.75 Å². The van der Waals surface area contributed by atoms with Crippen LogP contribution in [0.2, 0.25) is 0 Å². The molecule has 1 aliphatic rings. The summed E-state index contributed by atoms with van der Waals surface area (Å²) in [5.74, 6) is 0.845. The average molecular weight is 405 g/mol. The van der Waals surface area contributed by atoms with E-state index in [0.717, 1.165) is 28.3 Å². The standard InChI is InChI=1S/C24H27N3O3/c1-17-23(18(2)26(3)25-17)22-16-29-14-13-27(22)24(28)20-11-9-19(10-12-20)15-30-21-7-5-4-6-8-21/h4-12,22H,13-16H2,1-3H3/t22-/m0/s1. The predicted molar refractivity (Wildman–Crippen MR) is 114 cm³/mol. The number of carbonyl (C=O) groups excluding carboxylic acids is 1. The minimum absolute atomic E-state index is 0.0153. The molecular weight excluding hydrogens is 378 g/mol. The molecule has 2 aromatic carbocycles. The number of nitrogens with zero attached hydrogens (tertiary/aromatic N) is 3. The van der Waals surface area contributed by atoms with Gasteiger partial charge in [0, 0.05) is 30.4 Å². The lowest BCUT2D eigenvalue weighted by Crippen LogP contribution is -2.43. The number of carbonyl (C=O) groups is 1. The second-order valence-corrected chi connectivity index (χ2v) is 7.60. The summed E-state index contributed by atoms with van der Waals surface area (Å²) in [6.45, 7) is 6.09. The molecule has 1 atom stereocenters. The summed E-state index contributed by atoms with van der Waals surface area (Å²) in [5, 5.41) is 4.52. The van der Waals surface area contributed by atoms with Crippen LogP contribution in [0.15, 0.2) is 54.6 Å². The summed E-state index contributed by atoms with van der Waals surface area (Å²) < 4.78 is 13.4. The van der Waals surface area contributed by atoms with E-state index >= 15 is 0 Å². The molecule has 6 nitrogen and oxygen atoms in total. The van der Waals surface area contributed by atoms with E-state index in [-0.39, 0.29) is 11.9 Å². The van der Waals surface area contributed by atoms with Gasteiger partial charge in [-0.2, -0.15) is 5.10 Å². The number of hydrogen-bond acceptors (Lipinski definition) is 4. The predicted octanol–water partition coefficient (Wildman–Crippen LogP) is 3.83. The molecule has 1 saturated heterocycles. The van der Waals surface area contributed by atoms with Gasteiger partial charge in [0.1, 0.15) is 12.4 Å². The van der Waals surface area contributed by atoms with Crippen molar-refractivity contribution in [1.29, 1.82) is 0 Å². The van der Waals surface area contributed by atoms with Crippen LogP contribution < -0.4 is 4.74 Å². The zero-order valence-corrected chi connectivity index (χ0v) is 17.7. The molecule has 1 aliphatic heterocycles. The minimum Gasteiger partial charge on any atom is -0.489 e. The first-order valence-corrected chi connectivity index (χ1v) is 10.2. The monoisotopic (exact) mass is 405 g/mol. The molecule has 156 valence electrons. The maximum atomic E-state index is 13.3. The van der Waals surface area contributed by atoms with Gasteiger partial charge >= 0.3 is 0 Å². The van der Waals surface area contributed by atoms with Gasteiger partial charge in [0.15, 0.2) is 0 Å². The number of benzene rings is 2. The first-order chi connectivity index (χ1) is 14.5. The van der Waals surface area contributed by atoms with E-state index < -0.39 is 0 Å². The largest absolute Gasteiger partial charge is 0.489 e. The SMILES string of the molecule is Cc1nn(C)c(C)c1[C@@H]1COCCN1C(=O)c1ccc(COc2ccccc2)cc1.